The summed E-state index contributed by atoms with van der Waals surface area (Å²) in [7, 11) is 0. The average Bonchev–Trinajstić information content (AvgIpc) is 2.47. The number of carboxylic acids is 1. The maximum atomic E-state index is 13.3. The summed E-state index contributed by atoms with van der Waals surface area (Å²) in [5.74, 6) is -0.925. The van der Waals surface area contributed by atoms with Crippen molar-refractivity contribution in [2.24, 2.45) is 5.73 Å². The van der Waals surface area contributed by atoms with Crippen LogP contribution in [0.3, 0.4) is 0 Å². The van der Waals surface area contributed by atoms with Gasteiger partial charge in [-0.1, -0.05) is 38.5 Å². The summed E-state index contributed by atoms with van der Waals surface area (Å²) in [6, 6.07) is 0. The lowest BCUT2D eigenvalue weighted by Gasteiger charge is -2.59. The minimum absolute atomic E-state index is 0.320. The Hall–Kier alpha value is -0.650. The monoisotopic (exact) mass is 295 g/mol. The number of hydrogen-bond acceptors (Lipinski definition) is 3. The van der Waals surface area contributed by atoms with Crippen molar-refractivity contribution in [3.63, 3.8) is 0 Å². The van der Waals surface area contributed by atoms with Crippen LogP contribution in [0.4, 0.5) is 0 Å². The highest BCUT2D eigenvalue weighted by Gasteiger charge is 2.61. The van der Waals surface area contributed by atoms with E-state index in [2.05, 4.69) is 0 Å². The summed E-state index contributed by atoms with van der Waals surface area (Å²) in [5.41, 5.74) is 4.03. The van der Waals surface area contributed by atoms with Crippen LogP contribution in [0.25, 0.3) is 0 Å². The lowest BCUT2D eigenvalue weighted by molar-refractivity contribution is -0.324. The van der Waals surface area contributed by atoms with Crippen LogP contribution in [0.1, 0.15) is 77.0 Å². The van der Waals surface area contributed by atoms with Gasteiger partial charge in [0.1, 0.15) is 5.54 Å². The second kappa shape index (κ2) is 5.21. The molecule has 3 fully saturated rings. The predicted octanol–water partition coefficient (Wildman–Crippen LogP) is 2.62. The molecule has 0 aromatic rings. The van der Waals surface area contributed by atoms with Crippen molar-refractivity contribution in [3.8, 4) is 0 Å². The van der Waals surface area contributed by atoms with Gasteiger partial charge in [-0.05, 0) is 38.5 Å². The van der Waals surface area contributed by atoms with Gasteiger partial charge in [0.15, 0.2) is 0 Å². The molecule has 1 heterocycles. The zero-order chi connectivity index (χ0) is 15.1. The van der Waals surface area contributed by atoms with Crippen molar-refractivity contribution in [3.05, 3.63) is 0 Å². The van der Waals surface area contributed by atoms with Gasteiger partial charge < -0.3 is 10.8 Å². The first-order chi connectivity index (χ1) is 9.93. The van der Waals surface area contributed by atoms with E-state index in [1.165, 1.54) is 5.06 Å². The molecule has 3 N–H and O–H groups in total. The minimum Gasteiger partial charge on any atom is -0.480 e. The van der Waals surface area contributed by atoms with Crippen molar-refractivity contribution in [2.45, 2.75) is 93.7 Å². The van der Waals surface area contributed by atoms with E-state index in [9.17, 15) is 15.1 Å². The van der Waals surface area contributed by atoms with Gasteiger partial charge >= 0.3 is 5.97 Å². The smallest absolute Gasteiger partial charge is 0.323 e. The molecule has 0 aromatic heterocycles. The van der Waals surface area contributed by atoms with Crippen molar-refractivity contribution in [1.29, 1.82) is 0 Å². The van der Waals surface area contributed by atoms with Crippen LogP contribution >= 0.6 is 0 Å². The van der Waals surface area contributed by atoms with Crippen molar-refractivity contribution >= 4 is 5.97 Å². The Morgan fingerprint density at radius 3 is 1.57 bits per heavy atom. The molecule has 2 saturated carbocycles. The first kappa shape index (κ1) is 15.3. The second-order valence-corrected chi connectivity index (χ2v) is 7.68. The minimum atomic E-state index is -1.23. The van der Waals surface area contributed by atoms with Gasteiger partial charge in [-0.2, -0.15) is 0 Å². The third-order valence-electron chi connectivity index (χ3n) is 6.15. The van der Waals surface area contributed by atoms with Gasteiger partial charge in [-0.25, -0.2) is 0 Å². The summed E-state index contributed by atoms with van der Waals surface area (Å²) >= 11 is 0. The van der Waals surface area contributed by atoms with Crippen molar-refractivity contribution in [2.75, 3.05) is 0 Å². The quantitative estimate of drug-likeness (QED) is 0.778. The maximum absolute atomic E-state index is 13.3. The van der Waals surface area contributed by atoms with Crippen LogP contribution in [-0.2, 0) is 10.0 Å². The summed E-state index contributed by atoms with van der Waals surface area (Å²) in [5, 5.41) is 24.3. The van der Waals surface area contributed by atoms with Crippen LogP contribution in [0.5, 0.6) is 0 Å². The van der Waals surface area contributed by atoms with Gasteiger partial charge in [0.25, 0.3) is 0 Å². The van der Waals surface area contributed by atoms with E-state index < -0.39 is 22.6 Å². The van der Waals surface area contributed by atoms with Crippen LogP contribution in [0.2, 0.25) is 0 Å². The van der Waals surface area contributed by atoms with Gasteiger partial charge in [0, 0.05) is 0 Å². The van der Waals surface area contributed by atoms with Gasteiger partial charge in [-0.3, -0.25) is 4.79 Å². The van der Waals surface area contributed by atoms with Crippen LogP contribution < -0.4 is 5.73 Å². The standard InChI is InChI=1S/C16H27N2O3/c17-16(13(19)20)11-14(7-3-1-4-8-14)18(21)15(12-16)9-5-2-6-10-15/h1-12,17H2,(H,19,20). The number of nitrogens with two attached hydrogens (primary N) is 1. The number of piperidine rings is 1. The van der Waals surface area contributed by atoms with Gasteiger partial charge in [0.2, 0.25) is 0 Å². The van der Waals surface area contributed by atoms with E-state index in [0.717, 1.165) is 64.2 Å². The number of hydroxylamine groups is 2. The molecule has 1 aliphatic heterocycles. The Balaban J connectivity index is 1.98. The highest BCUT2D eigenvalue weighted by atomic mass is 16.5. The SMILES string of the molecule is NC1(C(=O)O)CC2(CCCCC2)N([O])C2(CCCCC2)C1. The predicted molar refractivity (Wildman–Crippen MR) is 77.9 cm³/mol. The first-order valence-electron chi connectivity index (χ1n) is 8.42. The van der Waals surface area contributed by atoms with E-state index in [-0.39, 0.29) is 0 Å². The average molecular weight is 295 g/mol. The zero-order valence-corrected chi connectivity index (χ0v) is 12.8. The molecule has 0 amide bonds. The molecule has 2 aliphatic carbocycles. The van der Waals surface area contributed by atoms with Crippen LogP contribution in [-0.4, -0.2) is 32.8 Å². The molecule has 3 aliphatic rings. The van der Waals surface area contributed by atoms with Crippen molar-refractivity contribution in [1.82, 2.24) is 5.06 Å². The first-order valence-corrected chi connectivity index (χ1v) is 8.42. The van der Waals surface area contributed by atoms with Crippen LogP contribution in [0.15, 0.2) is 0 Å². The lowest BCUT2D eigenvalue weighted by Crippen LogP contribution is -2.72. The lowest BCUT2D eigenvalue weighted by atomic mass is 9.61. The fourth-order valence-electron chi connectivity index (χ4n) is 5.21. The van der Waals surface area contributed by atoms with Crippen LogP contribution in [0, 0.1) is 0 Å². The fourth-order valence-corrected chi connectivity index (χ4v) is 5.21. The third-order valence-corrected chi connectivity index (χ3v) is 6.15. The molecule has 119 valence electrons. The number of rotatable bonds is 1. The molecular weight excluding hydrogens is 268 g/mol. The Morgan fingerprint density at radius 2 is 1.24 bits per heavy atom. The van der Waals surface area contributed by atoms with E-state index in [1.807, 2.05) is 0 Å². The Bertz CT molecular complexity index is 384. The molecule has 5 heteroatoms. The van der Waals surface area contributed by atoms with E-state index in [1.54, 1.807) is 0 Å². The molecule has 0 bridgehead atoms. The highest BCUT2D eigenvalue weighted by Crippen LogP contribution is 2.53. The number of carbonyl (C=O) groups is 1. The number of nitrogens with zero attached hydrogens (tertiary/aromatic N) is 1. The van der Waals surface area contributed by atoms with E-state index in [0.29, 0.717) is 12.8 Å². The van der Waals surface area contributed by atoms with Crippen molar-refractivity contribution < 1.29 is 15.1 Å². The number of aliphatic carboxylic acids is 1. The Morgan fingerprint density at radius 1 is 0.857 bits per heavy atom. The Kier molecular flexibility index (Phi) is 3.79. The largest absolute Gasteiger partial charge is 0.480 e. The molecule has 2 spiro atoms. The van der Waals surface area contributed by atoms with E-state index >= 15 is 0 Å². The van der Waals surface area contributed by atoms with Gasteiger partial charge in [0.05, 0.1) is 11.1 Å². The molecular formula is C16H27N2O3. The molecule has 21 heavy (non-hydrogen) atoms. The van der Waals surface area contributed by atoms with E-state index in [4.69, 9.17) is 5.73 Å². The number of carboxylic acid groups (broad SMARTS) is 1. The molecule has 5 nitrogen and oxygen atoms in total. The third kappa shape index (κ3) is 2.39. The highest BCUT2D eigenvalue weighted by molar-refractivity contribution is 5.79. The number of hydrogen-bond donors (Lipinski definition) is 2. The topological polar surface area (TPSA) is 86.5 Å². The van der Waals surface area contributed by atoms with Gasteiger partial charge in [-0.15, -0.1) is 10.3 Å². The summed E-state index contributed by atoms with van der Waals surface area (Å²) in [6.45, 7) is 0. The summed E-state index contributed by atoms with van der Waals surface area (Å²) in [6.07, 6.45) is 10.2. The maximum Gasteiger partial charge on any atom is 0.323 e. The fraction of sp³-hybridized carbons (Fsp3) is 0.938. The second-order valence-electron chi connectivity index (χ2n) is 7.68. The molecule has 3 rings (SSSR count). The normalized spacial score (nSPS) is 35.9. The molecule has 1 radical (unpaired) electrons. The molecule has 0 unspecified atom stereocenters. The zero-order valence-electron chi connectivity index (χ0n) is 12.8. The molecule has 1 saturated heterocycles. The summed E-state index contributed by atoms with van der Waals surface area (Å²) < 4.78 is 0. The summed E-state index contributed by atoms with van der Waals surface area (Å²) in [4.78, 5) is 11.8. The molecule has 0 aromatic carbocycles. The molecule has 0 atom stereocenters. The Labute approximate surface area is 126 Å².